The molecule has 4 heteroatoms. The summed E-state index contributed by atoms with van der Waals surface area (Å²) in [5, 5.41) is 14.5. The third kappa shape index (κ3) is 2.85. The van der Waals surface area contributed by atoms with Crippen molar-refractivity contribution in [2.45, 2.75) is 83.8 Å². The highest BCUT2D eigenvalue weighted by Crippen LogP contribution is 2.68. The van der Waals surface area contributed by atoms with Crippen molar-refractivity contribution < 1.29 is 9.84 Å². The summed E-state index contributed by atoms with van der Waals surface area (Å²) in [7, 11) is 1.87. The van der Waals surface area contributed by atoms with Crippen LogP contribution >= 0.6 is 11.3 Å². The number of ether oxygens (including phenoxy) is 1. The molecular weight excluding hydrogens is 378 g/mol. The van der Waals surface area contributed by atoms with Gasteiger partial charge in [-0.15, -0.1) is 11.3 Å². The van der Waals surface area contributed by atoms with E-state index >= 15 is 0 Å². The summed E-state index contributed by atoms with van der Waals surface area (Å²) in [4.78, 5) is 4.51. The topological polar surface area (TPSA) is 42.4 Å². The zero-order valence-corrected chi connectivity index (χ0v) is 19.3. The fraction of sp³-hybridized carbons (Fsp3) is 0.800. The molecule has 29 heavy (non-hydrogen) atoms. The summed E-state index contributed by atoms with van der Waals surface area (Å²) in [5.74, 6) is 2.63. The first-order chi connectivity index (χ1) is 13.8. The fourth-order valence-corrected chi connectivity index (χ4v) is 9.13. The van der Waals surface area contributed by atoms with Crippen molar-refractivity contribution in [1.29, 1.82) is 0 Å². The van der Waals surface area contributed by atoms with Gasteiger partial charge in [0.25, 0.3) is 0 Å². The van der Waals surface area contributed by atoms with Crippen LogP contribution in [0.5, 0.6) is 0 Å². The van der Waals surface area contributed by atoms with E-state index in [0.29, 0.717) is 17.4 Å². The summed E-state index contributed by atoms with van der Waals surface area (Å²) in [6, 6.07) is 0. The second kappa shape index (κ2) is 6.90. The van der Waals surface area contributed by atoms with Crippen LogP contribution in [0.2, 0.25) is 0 Å². The Bertz CT molecular complexity index is 787. The van der Waals surface area contributed by atoms with E-state index < -0.39 is 5.60 Å². The zero-order valence-electron chi connectivity index (χ0n) is 18.5. The Labute approximate surface area is 180 Å². The number of hydrogen-bond donors (Lipinski definition) is 1. The highest BCUT2D eigenvalue weighted by Gasteiger charge is 2.62. The lowest BCUT2D eigenvalue weighted by atomic mass is 9.47. The quantitative estimate of drug-likeness (QED) is 0.621. The maximum absolute atomic E-state index is 11.6. The minimum Gasteiger partial charge on any atom is -0.383 e. The van der Waals surface area contributed by atoms with Gasteiger partial charge < -0.3 is 9.84 Å². The van der Waals surface area contributed by atoms with Crippen molar-refractivity contribution in [2.24, 2.45) is 34.5 Å². The molecular formula is C25H37NO2S. The lowest BCUT2D eigenvalue weighted by Crippen LogP contribution is -2.52. The minimum atomic E-state index is -0.805. The number of aromatic nitrogens is 1. The summed E-state index contributed by atoms with van der Waals surface area (Å²) < 4.78 is 5.72. The molecule has 3 saturated carbocycles. The van der Waals surface area contributed by atoms with Crippen LogP contribution in [0.25, 0.3) is 0 Å². The molecule has 1 aromatic heterocycles. The Morgan fingerprint density at radius 3 is 2.72 bits per heavy atom. The average Bonchev–Trinajstić information content (AvgIpc) is 3.35. The van der Waals surface area contributed by atoms with Gasteiger partial charge in [-0.05, 0) is 92.8 Å². The van der Waals surface area contributed by atoms with Crippen LogP contribution in [-0.2, 0) is 10.3 Å². The minimum absolute atomic E-state index is 0.224. The molecule has 0 spiro atoms. The third-order valence-corrected chi connectivity index (χ3v) is 10.9. The molecule has 3 fully saturated rings. The molecule has 0 unspecified atom stereocenters. The van der Waals surface area contributed by atoms with Crippen LogP contribution in [-0.4, -0.2) is 23.3 Å². The predicted octanol–water partition coefficient (Wildman–Crippen LogP) is 5.94. The predicted molar refractivity (Wildman–Crippen MR) is 118 cm³/mol. The zero-order chi connectivity index (χ0) is 20.4. The van der Waals surface area contributed by atoms with E-state index in [1.807, 2.05) is 25.6 Å². The Morgan fingerprint density at radius 2 is 2.00 bits per heavy atom. The first-order valence-corrected chi connectivity index (χ1v) is 12.5. The van der Waals surface area contributed by atoms with Gasteiger partial charge in [-0.25, -0.2) is 4.98 Å². The van der Waals surface area contributed by atoms with Gasteiger partial charge in [0.1, 0.15) is 10.6 Å². The Balaban J connectivity index is 1.44. The van der Waals surface area contributed by atoms with E-state index in [1.54, 1.807) is 16.9 Å². The maximum atomic E-state index is 11.6. The Morgan fingerprint density at radius 1 is 1.17 bits per heavy atom. The number of methoxy groups -OCH3 is 1. The largest absolute Gasteiger partial charge is 0.383 e. The highest BCUT2D eigenvalue weighted by molar-refractivity contribution is 7.09. The van der Waals surface area contributed by atoms with Gasteiger partial charge in [-0.2, -0.15) is 0 Å². The lowest BCUT2D eigenvalue weighted by Gasteiger charge is -2.58. The van der Waals surface area contributed by atoms with Crippen molar-refractivity contribution in [3.63, 3.8) is 0 Å². The van der Waals surface area contributed by atoms with E-state index in [0.717, 1.165) is 35.6 Å². The molecule has 0 aromatic carbocycles. The Kier molecular flexibility index (Phi) is 4.81. The molecule has 0 saturated heterocycles. The molecule has 3 nitrogen and oxygen atoms in total. The van der Waals surface area contributed by atoms with Crippen LogP contribution in [0, 0.1) is 34.5 Å². The van der Waals surface area contributed by atoms with Gasteiger partial charge >= 0.3 is 0 Å². The van der Waals surface area contributed by atoms with Gasteiger partial charge in [-0.3, -0.25) is 0 Å². The molecule has 160 valence electrons. The highest BCUT2D eigenvalue weighted by atomic mass is 32.1. The SMILES string of the molecule is CO[C@H]1CC[C@@]2(C)C(=CC[C@H]3[C@@H]4CC[C@H]([C@@](C)(O)c5nccs5)[C@@]4(C)CC[C@@H]32)C1. The summed E-state index contributed by atoms with van der Waals surface area (Å²) in [5.41, 5.74) is 1.47. The van der Waals surface area contributed by atoms with Gasteiger partial charge in [-0.1, -0.05) is 25.5 Å². The number of aliphatic hydroxyl groups is 1. The lowest BCUT2D eigenvalue weighted by molar-refractivity contribution is -0.106. The molecule has 4 aliphatic rings. The van der Waals surface area contributed by atoms with Crippen molar-refractivity contribution in [2.75, 3.05) is 7.11 Å². The molecule has 0 bridgehead atoms. The molecule has 1 aromatic rings. The molecule has 0 radical (unpaired) electrons. The van der Waals surface area contributed by atoms with E-state index in [4.69, 9.17) is 4.74 Å². The van der Waals surface area contributed by atoms with Crippen LogP contribution in [0.4, 0.5) is 0 Å². The molecule has 8 atom stereocenters. The molecule has 4 aliphatic carbocycles. The van der Waals surface area contributed by atoms with E-state index in [2.05, 4.69) is 24.9 Å². The van der Waals surface area contributed by atoms with Crippen molar-refractivity contribution >= 4 is 11.3 Å². The van der Waals surface area contributed by atoms with E-state index in [1.165, 1.54) is 38.5 Å². The van der Waals surface area contributed by atoms with Gasteiger partial charge in [0.15, 0.2) is 0 Å². The van der Waals surface area contributed by atoms with Crippen molar-refractivity contribution in [1.82, 2.24) is 4.98 Å². The summed E-state index contributed by atoms with van der Waals surface area (Å²) >= 11 is 1.61. The van der Waals surface area contributed by atoms with Gasteiger partial charge in [0.05, 0.1) is 6.10 Å². The number of hydrogen-bond acceptors (Lipinski definition) is 4. The molecule has 1 N–H and O–H groups in total. The standard InChI is InChI=1S/C25H37NO2S/c1-23-11-9-17(28-4)15-16(23)5-6-18-19-7-8-21(24(19,2)12-10-20(18)23)25(3,27)22-26-13-14-29-22/h5,13-14,17-21,27H,6-12,15H2,1-4H3/t17-,18-,19-,20-,21-,23-,24-,25+/m0/s1. The van der Waals surface area contributed by atoms with Gasteiger partial charge in [0.2, 0.25) is 0 Å². The summed E-state index contributed by atoms with van der Waals surface area (Å²) in [6.45, 7) is 7.09. The van der Waals surface area contributed by atoms with Crippen molar-refractivity contribution in [3.05, 3.63) is 28.2 Å². The number of thiazole rings is 1. The first kappa shape index (κ1) is 20.2. The van der Waals surface area contributed by atoms with Crippen LogP contribution in [0.3, 0.4) is 0 Å². The second-order valence-electron chi connectivity index (χ2n) is 11.0. The average molecular weight is 416 g/mol. The number of fused-ring (bicyclic) bond motifs is 5. The van der Waals surface area contributed by atoms with Crippen LogP contribution in [0.15, 0.2) is 23.2 Å². The number of nitrogens with zero attached hydrogens (tertiary/aromatic N) is 1. The van der Waals surface area contributed by atoms with Gasteiger partial charge in [0, 0.05) is 18.7 Å². The molecule has 0 aliphatic heterocycles. The molecule has 1 heterocycles. The van der Waals surface area contributed by atoms with Crippen molar-refractivity contribution in [3.8, 4) is 0 Å². The van der Waals surface area contributed by atoms with Crippen LogP contribution in [0.1, 0.15) is 77.1 Å². The normalized spacial score (nSPS) is 46.2. The Hall–Kier alpha value is -0.710. The third-order valence-electron chi connectivity index (χ3n) is 9.94. The number of rotatable bonds is 3. The molecule has 5 rings (SSSR count). The smallest absolute Gasteiger partial charge is 0.124 e. The molecule has 0 amide bonds. The summed E-state index contributed by atoms with van der Waals surface area (Å²) in [6.07, 6.45) is 14.7. The van der Waals surface area contributed by atoms with Crippen LogP contribution < -0.4 is 0 Å². The first-order valence-electron chi connectivity index (χ1n) is 11.7. The van der Waals surface area contributed by atoms with E-state index in [9.17, 15) is 5.11 Å². The maximum Gasteiger partial charge on any atom is 0.124 e. The fourth-order valence-electron chi connectivity index (χ4n) is 8.37. The number of allylic oxidation sites excluding steroid dienone is 1. The monoisotopic (exact) mass is 415 g/mol. The van der Waals surface area contributed by atoms with E-state index in [-0.39, 0.29) is 5.41 Å². The second-order valence-corrected chi connectivity index (χ2v) is 11.9.